The zero-order valence-corrected chi connectivity index (χ0v) is 8.23. The molecule has 1 aromatic rings. The van der Waals surface area contributed by atoms with Crippen molar-refractivity contribution in [1.29, 1.82) is 0 Å². The highest BCUT2D eigenvalue weighted by Gasteiger charge is 2.27. The molecule has 0 bridgehead atoms. The lowest BCUT2D eigenvalue weighted by Gasteiger charge is -2.25. The molecule has 74 valence electrons. The quantitative estimate of drug-likeness (QED) is 0.730. The van der Waals surface area contributed by atoms with E-state index in [1.807, 2.05) is 30.3 Å². The normalized spacial score (nSPS) is 14.4. The Labute approximate surface area is 84.5 Å². The summed E-state index contributed by atoms with van der Waals surface area (Å²) in [4.78, 5) is 0. The van der Waals surface area contributed by atoms with E-state index in [0.717, 1.165) is 5.56 Å². The van der Waals surface area contributed by atoms with Gasteiger partial charge in [-0.25, -0.2) is 0 Å². The van der Waals surface area contributed by atoms with Crippen LogP contribution in [0.2, 0.25) is 0 Å². The summed E-state index contributed by atoms with van der Waals surface area (Å²) in [5.74, 6) is 2.46. The summed E-state index contributed by atoms with van der Waals surface area (Å²) in [6.07, 6.45) is 5.47. The Hall–Kier alpha value is -1.30. The third kappa shape index (κ3) is 2.35. The van der Waals surface area contributed by atoms with Crippen molar-refractivity contribution in [2.75, 3.05) is 13.7 Å². The molecule has 0 aliphatic rings. The number of rotatable bonds is 4. The molecule has 0 amide bonds. The molecule has 0 aliphatic heterocycles. The van der Waals surface area contributed by atoms with E-state index < -0.39 is 5.60 Å². The van der Waals surface area contributed by atoms with Gasteiger partial charge in [0, 0.05) is 13.5 Å². The molecule has 1 rings (SSSR count). The largest absolute Gasteiger partial charge is 0.382 e. The lowest BCUT2D eigenvalue weighted by atomic mass is 9.92. The van der Waals surface area contributed by atoms with Crippen LogP contribution in [0.4, 0.5) is 0 Å². The van der Waals surface area contributed by atoms with Gasteiger partial charge in [0.2, 0.25) is 0 Å². The van der Waals surface area contributed by atoms with Crippen molar-refractivity contribution in [3.8, 4) is 12.3 Å². The number of hydrogen-bond acceptors (Lipinski definition) is 2. The summed E-state index contributed by atoms with van der Waals surface area (Å²) in [5.41, 5.74) is -0.273. The van der Waals surface area contributed by atoms with Crippen molar-refractivity contribution in [3.63, 3.8) is 0 Å². The molecular weight excluding hydrogens is 176 g/mol. The highest BCUT2D eigenvalue weighted by Crippen LogP contribution is 2.24. The van der Waals surface area contributed by atoms with Crippen LogP contribution in [0.5, 0.6) is 0 Å². The van der Waals surface area contributed by atoms with E-state index in [4.69, 9.17) is 11.2 Å². The number of ether oxygens (including phenoxy) is 1. The average molecular weight is 190 g/mol. The fourth-order valence-electron chi connectivity index (χ4n) is 1.39. The van der Waals surface area contributed by atoms with Crippen LogP contribution in [0, 0.1) is 12.3 Å². The molecule has 0 aliphatic carbocycles. The van der Waals surface area contributed by atoms with E-state index in [2.05, 4.69) is 5.92 Å². The predicted molar refractivity (Wildman–Crippen MR) is 55.7 cm³/mol. The summed E-state index contributed by atoms with van der Waals surface area (Å²) in [5, 5.41) is 10.2. The van der Waals surface area contributed by atoms with Gasteiger partial charge < -0.3 is 9.84 Å². The predicted octanol–water partition coefficient (Wildman–Crippen LogP) is 1.54. The molecule has 2 nitrogen and oxygen atoms in total. The first kappa shape index (κ1) is 10.8. The lowest BCUT2D eigenvalue weighted by molar-refractivity contribution is -0.0318. The van der Waals surface area contributed by atoms with E-state index in [0.29, 0.717) is 0 Å². The summed E-state index contributed by atoms with van der Waals surface area (Å²) < 4.78 is 4.97. The zero-order chi connectivity index (χ0) is 10.4. The third-order valence-electron chi connectivity index (χ3n) is 2.09. The Morgan fingerprint density at radius 1 is 1.43 bits per heavy atom. The van der Waals surface area contributed by atoms with Gasteiger partial charge in [-0.3, -0.25) is 0 Å². The Bertz CT molecular complexity index is 313. The fourth-order valence-corrected chi connectivity index (χ4v) is 1.39. The Balaban J connectivity index is 2.94. The van der Waals surface area contributed by atoms with Gasteiger partial charge in [-0.2, -0.15) is 0 Å². The molecule has 0 spiro atoms. The number of benzene rings is 1. The van der Waals surface area contributed by atoms with Crippen LogP contribution >= 0.6 is 0 Å². The summed E-state index contributed by atoms with van der Waals surface area (Å²) >= 11 is 0. The molecular formula is C12H14O2. The smallest absolute Gasteiger partial charge is 0.124 e. The molecule has 0 heterocycles. The van der Waals surface area contributed by atoms with Gasteiger partial charge in [-0.05, 0) is 5.56 Å². The first-order valence-electron chi connectivity index (χ1n) is 4.43. The minimum absolute atomic E-state index is 0.210. The Morgan fingerprint density at radius 2 is 2.07 bits per heavy atom. The van der Waals surface area contributed by atoms with Crippen molar-refractivity contribution in [2.24, 2.45) is 0 Å². The second-order valence-electron chi connectivity index (χ2n) is 3.21. The van der Waals surface area contributed by atoms with Crippen molar-refractivity contribution >= 4 is 0 Å². The molecule has 0 saturated carbocycles. The van der Waals surface area contributed by atoms with Crippen LogP contribution in [0.25, 0.3) is 0 Å². The highest BCUT2D eigenvalue weighted by molar-refractivity contribution is 5.24. The maximum Gasteiger partial charge on any atom is 0.124 e. The second-order valence-corrected chi connectivity index (χ2v) is 3.21. The van der Waals surface area contributed by atoms with Crippen molar-refractivity contribution in [3.05, 3.63) is 35.9 Å². The SMILES string of the molecule is C#CCC(O)(COC)c1ccccc1. The zero-order valence-electron chi connectivity index (χ0n) is 8.23. The molecule has 0 aromatic heterocycles. The van der Waals surface area contributed by atoms with Crippen LogP contribution in [-0.4, -0.2) is 18.8 Å². The standard InChI is InChI=1S/C12H14O2/c1-3-9-12(13,10-14-2)11-7-5-4-6-8-11/h1,4-8,13H,9-10H2,2H3. The molecule has 0 saturated heterocycles. The summed E-state index contributed by atoms with van der Waals surface area (Å²) in [7, 11) is 1.55. The maximum absolute atomic E-state index is 10.2. The number of aliphatic hydroxyl groups is 1. The Morgan fingerprint density at radius 3 is 2.57 bits per heavy atom. The van der Waals surface area contributed by atoms with Gasteiger partial charge in [0.25, 0.3) is 0 Å². The molecule has 0 radical (unpaired) electrons. The molecule has 1 unspecified atom stereocenters. The van der Waals surface area contributed by atoms with Crippen LogP contribution in [0.15, 0.2) is 30.3 Å². The highest BCUT2D eigenvalue weighted by atomic mass is 16.5. The molecule has 1 aromatic carbocycles. The van der Waals surface area contributed by atoms with Gasteiger partial charge in [0.05, 0.1) is 6.61 Å². The van der Waals surface area contributed by atoms with Crippen molar-refractivity contribution in [1.82, 2.24) is 0 Å². The average Bonchev–Trinajstić information content (AvgIpc) is 2.20. The van der Waals surface area contributed by atoms with Crippen LogP contribution in [-0.2, 0) is 10.3 Å². The molecule has 0 fully saturated rings. The van der Waals surface area contributed by atoms with Gasteiger partial charge in [0.1, 0.15) is 5.60 Å². The van der Waals surface area contributed by atoms with E-state index in [-0.39, 0.29) is 13.0 Å². The summed E-state index contributed by atoms with van der Waals surface area (Å²) in [6.45, 7) is 0.210. The van der Waals surface area contributed by atoms with Gasteiger partial charge in [0.15, 0.2) is 0 Å². The molecule has 2 heteroatoms. The fraction of sp³-hybridized carbons (Fsp3) is 0.333. The minimum Gasteiger partial charge on any atom is -0.382 e. The van der Waals surface area contributed by atoms with E-state index >= 15 is 0 Å². The molecule has 1 N–H and O–H groups in total. The Kier molecular flexibility index (Phi) is 3.70. The third-order valence-corrected chi connectivity index (χ3v) is 2.09. The first-order chi connectivity index (χ1) is 6.73. The van der Waals surface area contributed by atoms with Crippen molar-refractivity contribution in [2.45, 2.75) is 12.0 Å². The minimum atomic E-state index is -1.06. The van der Waals surface area contributed by atoms with Gasteiger partial charge in [-0.15, -0.1) is 12.3 Å². The van der Waals surface area contributed by atoms with Crippen LogP contribution in [0.3, 0.4) is 0 Å². The van der Waals surface area contributed by atoms with Gasteiger partial charge >= 0.3 is 0 Å². The van der Waals surface area contributed by atoms with Gasteiger partial charge in [-0.1, -0.05) is 30.3 Å². The van der Waals surface area contributed by atoms with Crippen LogP contribution < -0.4 is 0 Å². The monoisotopic (exact) mass is 190 g/mol. The lowest BCUT2D eigenvalue weighted by Crippen LogP contribution is -2.30. The maximum atomic E-state index is 10.2. The van der Waals surface area contributed by atoms with Crippen molar-refractivity contribution < 1.29 is 9.84 Å². The molecule has 1 atom stereocenters. The topological polar surface area (TPSA) is 29.5 Å². The number of terminal acetylenes is 1. The van der Waals surface area contributed by atoms with Crippen LogP contribution in [0.1, 0.15) is 12.0 Å². The number of hydrogen-bond donors (Lipinski definition) is 1. The van der Waals surface area contributed by atoms with E-state index in [9.17, 15) is 5.11 Å². The number of methoxy groups -OCH3 is 1. The first-order valence-corrected chi connectivity index (χ1v) is 4.43. The summed E-state index contributed by atoms with van der Waals surface area (Å²) in [6, 6.07) is 9.32. The molecule has 14 heavy (non-hydrogen) atoms. The second kappa shape index (κ2) is 4.80. The van der Waals surface area contributed by atoms with E-state index in [1.165, 1.54) is 0 Å². The van der Waals surface area contributed by atoms with E-state index in [1.54, 1.807) is 7.11 Å².